The molecule has 26 heavy (non-hydrogen) atoms. The molecule has 1 aromatic heterocycles. The molecule has 0 radical (unpaired) electrons. The highest BCUT2D eigenvalue weighted by Gasteiger charge is 2.49. The van der Waals surface area contributed by atoms with E-state index in [4.69, 9.17) is 0 Å². The number of rotatable bonds is 8. The van der Waals surface area contributed by atoms with E-state index in [-0.39, 0.29) is 12.5 Å². The Morgan fingerprint density at radius 2 is 2.15 bits per heavy atom. The topological polar surface area (TPSA) is 95.7 Å². The highest BCUT2D eigenvalue weighted by molar-refractivity contribution is 5.80. The van der Waals surface area contributed by atoms with Crippen LogP contribution in [0.4, 0.5) is 0 Å². The van der Waals surface area contributed by atoms with Crippen molar-refractivity contribution in [2.45, 2.75) is 65.5 Å². The summed E-state index contributed by atoms with van der Waals surface area (Å²) in [4.78, 5) is 30.5. The van der Waals surface area contributed by atoms with Crippen molar-refractivity contribution in [2.75, 3.05) is 13.1 Å². The Morgan fingerprint density at radius 3 is 2.77 bits per heavy atom. The van der Waals surface area contributed by atoms with Crippen LogP contribution in [0.5, 0.6) is 0 Å². The van der Waals surface area contributed by atoms with Crippen LogP contribution in [0.2, 0.25) is 0 Å². The van der Waals surface area contributed by atoms with E-state index >= 15 is 0 Å². The van der Waals surface area contributed by atoms with Crippen LogP contribution in [0, 0.1) is 11.3 Å². The van der Waals surface area contributed by atoms with Crippen molar-refractivity contribution < 1.29 is 19.8 Å². The summed E-state index contributed by atoms with van der Waals surface area (Å²) >= 11 is 0. The molecule has 1 saturated heterocycles. The first-order valence-electron chi connectivity index (χ1n) is 9.49. The van der Waals surface area contributed by atoms with Gasteiger partial charge in [0.15, 0.2) is 0 Å². The number of piperidine rings is 1. The zero-order valence-corrected chi connectivity index (χ0v) is 16.0. The van der Waals surface area contributed by atoms with Gasteiger partial charge in [-0.3, -0.25) is 9.59 Å². The molecule has 1 aliphatic rings. The number of carboxylic acids is 1. The van der Waals surface area contributed by atoms with Gasteiger partial charge in [-0.15, -0.1) is 0 Å². The van der Waals surface area contributed by atoms with Crippen molar-refractivity contribution in [1.29, 1.82) is 0 Å². The standard InChI is InChI=1S/C19H31N3O4/c1-4-16-20-9-12-21(16)11-7-17(24)22-10-6-15(23)19(13-22,18(25)26)8-5-14(2)3/h9,12,14-15,23H,4-8,10-11,13H2,1-3H3,(H,25,26)/t15-,19+/m0/s1. The number of carbonyl (C=O) groups is 2. The molecule has 2 rings (SSSR count). The number of hydrogen-bond donors (Lipinski definition) is 2. The second-order valence-corrected chi connectivity index (χ2v) is 7.65. The summed E-state index contributed by atoms with van der Waals surface area (Å²) in [6.45, 7) is 7.10. The van der Waals surface area contributed by atoms with E-state index in [2.05, 4.69) is 4.98 Å². The minimum atomic E-state index is -1.26. The molecule has 2 heterocycles. The van der Waals surface area contributed by atoms with Gasteiger partial charge in [0.2, 0.25) is 5.91 Å². The summed E-state index contributed by atoms with van der Waals surface area (Å²) in [5.41, 5.74) is -1.26. The molecule has 0 spiro atoms. The number of carboxylic acid groups (broad SMARTS) is 1. The van der Waals surface area contributed by atoms with Crippen molar-refractivity contribution in [2.24, 2.45) is 11.3 Å². The van der Waals surface area contributed by atoms with E-state index in [0.717, 1.165) is 12.2 Å². The van der Waals surface area contributed by atoms with Crippen molar-refractivity contribution in [3.8, 4) is 0 Å². The first kappa shape index (κ1) is 20.4. The Kier molecular flexibility index (Phi) is 6.81. The lowest BCUT2D eigenvalue weighted by atomic mass is 9.72. The monoisotopic (exact) mass is 365 g/mol. The summed E-state index contributed by atoms with van der Waals surface area (Å²) < 4.78 is 1.96. The van der Waals surface area contributed by atoms with Crippen LogP contribution in [0.15, 0.2) is 12.4 Å². The molecule has 2 N–H and O–H groups in total. The molecule has 7 heteroatoms. The predicted molar refractivity (Wildman–Crippen MR) is 97.6 cm³/mol. The number of amides is 1. The number of likely N-dealkylation sites (tertiary alicyclic amines) is 1. The lowest BCUT2D eigenvalue weighted by Crippen LogP contribution is -2.57. The maximum Gasteiger partial charge on any atom is 0.314 e. The van der Waals surface area contributed by atoms with Gasteiger partial charge in [0.1, 0.15) is 11.2 Å². The molecule has 7 nitrogen and oxygen atoms in total. The Hall–Kier alpha value is -1.89. The van der Waals surface area contributed by atoms with E-state index in [9.17, 15) is 19.8 Å². The van der Waals surface area contributed by atoms with Crippen LogP contribution in [-0.4, -0.2) is 55.7 Å². The van der Waals surface area contributed by atoms with E-state index in [0.29, 0.717) is 44.7 Å². The SMILES string of the molecule is CCc1nccn1CCC(=O)N1CC[C@H](O)[C@](CCC(C)C)(C(=O)O)C1. The van der Waals surface area contributed by atoms with E-state index in [1.165, 1.54) is 0 Å². The summed E-state index contributed by atoms with van der Waals surface area (Å²) in [6, 6.07) is 0. The number of carbonyl (C=O) groups excluding carboxylic acids is 1. The van der Waals surface area contributed by atoms with Gasteiger partial charge in [0.25, 0.3) is 0 Å². The highest BCUT2D eigenvalue weighted by Crippen LogP contribution is 2.37. The number of aliphatic carboxylic acids is 1. The smallest absolute Gasteiger partial charge is 0.314 e. The fourth-order valence-electron chi connectivity index (χ4n) is 3.63. The quantitative estimate of drug-likeness (QED) is 0.734. The number of aliphatic hydroxyl groups excluding tert-OH is 1. The molecule has 2 atom stereocenters. The Bertz CT molecular complexity index is 628. The largest absolute Gasteiger partial charge is 0.481 e. The predicted octanol–water partition coefficient (Wildman–Crippen LogP) is 1.94. The highest BCUT2D eigenvalue weighted by atomic mass is 16.4. The fraction of sp³-hybridized carbons (Fsp3) is 0.737. The van der Waals surface area contributed by atoms with Gasteiger partial charge in [-0.1, -0.05) is 20.8 Å². The fourth-order valence-corrected chi connectivity index (χ4v) is 3.63. The number of nitrogens with zero attached hydrogens (tertiary/aromatic N) is 3. The van der Waals surface area contributed by atoms with Crippen LogP contribution in [-0.2, 0) is 22.6 Å². The van der Waals surface area contributed by atoms with Gasteiger partial charge in [0, 0.05) is 44.9 Å². The normalized spacial score (nSPS) is 23.4. The van der Waals surface area contributed by atoms with Crippen molar-refractivity contribution >= 4 is 11.9 Å². The molecular formula is C19H31N3O4. The molecular weight excluding hydrogens is 334 g/mol. The zero-order valence-electron chi connectivity index (χ0n) is 16.0. The third-order valence-corrected chi connectivity index (χ3v) is 5.41. The average molecular weight is 365 g/mol. The number of aromatic nitrogens is 2. The molecule has 1 fully saturated rings. The maximum absolute atomic E-state index is 12.7. The molecule has 0 unspecified atom stereocenters. The molecule has 0 bridgehead atoms. The summed E-state index contributed by atoms with van der Waals surface area (Å²) in [5.74, 6) is 0.204. The van der Waals surface area contributed by atoms with E-state index in [1.807, 2.05) is 31.5 Å². The molecule has 146 valence electrons. The first-order valence-corrected chi connectivity index (χ1v) is 9.49. The minimum Gasteiger partial charge on any atom is -0.481 e. The summed E-state index contributed by atoms with van der Waals surface area (Å²) in [6.07, 6.45) is 5.17. The second-order valence-electron chi connectivity index (χ2n) is 7.65. The van der Waals surface area contributed by atoms with Gasteiger partial charge in [-0.25, -0.2) is 4.98 Å². The van der Waals surface area contributed by atoms with Gasteiger partial charge in [-0.05, 0) is 25.2 Å². The number of aryl methyl sites for hydroxylation is 2. The molecule has 1 aliphatic heterocycles. The van der Waals surface area contributed by atoms with Crippen molar-refractivity contribution in [3.63, 3.8) is 0 Å². The molecule has 0 aliphatic carbocycles. The average Bonchev–Trinajstić information content (AvgIpc) is 3.06. The number of hydrogen-bond acceptors (Lipinski definition) is 4. The lowest BCUT2D eigenvalue weighted by Gasteiger charge is -2.43. The Labute approximate surface area is 155 Å². The third kappa shape index (κ3) is 4.44. The lowest BCUT2D eigenvalue weighted by molar-refractivity contribution is -0.167. The second kappa shape index (κ2) is 8.66. The first-order chi connectivity index (χ1) is 12.3. The zero-order chi connectivity index (χ0) is 19.3. The van der Waals surface area contributed by atoms with Crippen LogP contribution in [0.1, 0.15) is 52.3 Å². The number of imidazole rings is 1. The van der Waals surface area contributed by atoms with Gasteiger partial charge in [0.05, 0.1) is 6.10 Å². The molecule has 1 aromatic rings. The van der Waals surface area contributed by atoms with Crippen LogP contribution in [0.3, 0.4) is 0 Å². The van der Waals surface area contributed by atoms with Crippen LogP contribution in [0.25, 0.3) is 0 Å². The molecule has 1 amide bonds. The van der Waals surface area contributed by atoms with Gasteiger partial charge in [-0.2, -0.15) is 0 Å². The van der Waals surface area contributed by atoms with E-state index in [1.54, 1.807) is 11.1 Å². The van der Waals surface area contributed by atoms with Crippen LogP contribution < -0.4 is 0 Å². The van der Waals surface area contributed by atoms with Crippen molar-refractivity contribution in [1.82, 2.24) is 14.5 Å². The van der Waals surface area contributed by atoms with Gasteiger partial charge >= 0.3 is 5.97 Å². The third-order valence-electron chi connectivity index (χ3n) is 5.41. The van der Waals surface area contributed by atoms with Gasteiger partial charge < -0.3 is 19.7 Å². The summed E-state index contributed by atoms with van der Waals surface area (Å²) in [5, 5.41) is 20.2. The van der Waals surface area contributed by atoms with Crippen molar-refractivity contribution in [3.05, 3.63) is 18.2 Å². The number of aliphatic hydroxyl groups is 1. The molecule has 0 aromatic carbocycles. The Balaban J connectivity index is 2.04. The summed E-state index contributed by atoms with van der Waals surface area (Å²) in [7, 11) is 0. The maximum atomic E-state index is 12.7. The molecule has 0 saturated carbocycles. The van der Waals surface area contributed by atoms with E-state index < -0.39 is 17.5 Å². The van der Waals surface area contributed by atoms with Crippen LogP contribution >= 0.6 is 0 Å². The Morgan fingerprint density at radius 1 is 1.42 bits per heavy atom. The minimum absolute atomic E-state index is 0.0668.